The van der Waals surface area contributed by atoms with Crippen molar-refractivity contribution >= 4 is 21.8 Å². The Hall–Kier alpha value is -2.74. The highest BCUT2D eigenvalue weighted by Gasteiger charge is 2.18. The van der Waals surface area contributed by atoms with Gasteiger partial charge in [0.1, 0.15) is 11.5 Å². The summed E-state index contributed by atoms with van der Waals surface area (Å²) in [4.78, 5) is 14.4. The van der Waals surface area contributed by atoms with E-state index in [4.69, 9.17) is 8.92 Å². The number of rotatable bonds is 9. The van der Waals surface area contributed by atoms with Crippen LogP contribution in [-0.4, -0.2) is 37.8 Å². The molecule has 2 rings (SSSR count). The minimum absolute atomic E-state index is 0.0332. The lowest BCUT2D eigenvalue weighted by Crippen LogP contribution is -2.39. The van der Waals surface area contributed by atoms with Crippen molar-refractivity contribution in [1.82, 2.24) is 4.90 Å². The highest BCUT2D eigenvalue weighted by atomic mass is 32.2. The summed E-state index contributed by atoms with van der Waals surface area (Å²) in [6.07, 6.45) is 0. The van der Waals surface area contributed by atoms with Gasteiger partial charge < -0.3 is 19.1 Å². The predicted molar refractivity (Wildman–Crippen MR) is 114 cm³/mol. The van der Waals surface area contributed by atoms with E-state index in [9.17, 15) is 13.2 Å². The summed E-state index contributed by atoms with van der Waals surface area (Å²) in [5.41, 5.74) is 1.54. The van der Waals surface area contributed by atoms with E-state index in [1.807, 2.05) is 32.9 Å². The average Bonchev–Trinajstić information content (AvgIpc) is 2.68. The normalized spacial score (nSPS) is 11.2. The highest BCUT2D eigenvalue weighted by Crippen LogP contribution is 2.19. The number of nitrogens with one attached hydrogen (secondary N) is 1. The zero-order valence-corrected chi connectivity index (χ0v) is 18.0. The number of carbonyl (C=O) groups excluding carboxylic acids is 1. The SMILES string of the molecule is CCOc1ccc(NC(=O)N(Cc2ccc(OS(=O)(=O)CC)cc2)C(C)C)cc1. The van der Waals surface area contributed by atoms with Gasteiger partial charge in [-0.25, -0.2) is 4.79 Å². The van der Waals surface area contributed by atoms with Crippen molar-refractivity contribution in [1.29, 1.82) is 0 Å². The first-order valence-corrected chi connectivity index (χ1v) is 11.1. The van der Waals surface area contributed by atoms with E-state index in [0.717, 1.165) is 11.3 Å². The van der Waals surface area contributed by atoms with Crippen LogP contribution in [0.1, 0.15) is 33.3 Å². The molecule has 2 amide bonds. The summed E-state index contributed by atoms with van der Waals surface area (Å²) < 4.78 is 33.5. The Labute approximate surface area is 172 Å². The Morgan fingerprint density at radius 3 is 2.10 bits per heavy atom. The number of anilines is 1. The number of urea groups is 1. The molecule has 0 aliphatic rings. The fraction of sp³-hybridized carbons (Fsp3) is 0.381. The minimum atomic E-state index is -3.56. The van der Waals surface area contributed by atoms with Crippen LogP contribution >= 0.6 is 0 Å². The Bertz CT molecular complexity index is 894. The molecule has 158 valence electrons. The summed E-state index contributed by atoms with van der Waals surface area (Å²) in [5, 5.41) is 2.89. The number of benzene rings is 2. The first kappa shape index (κ1) is 22.5. The van der Waals surface area contributed by atoms with Gasteiger partial charge in [0.05, 0.1) is 12.4 Å². The fourth-order valence-electron chi connectivity index (χ4n) is 2.54. The molecule has 0 unspecified atom stereocenters. The quantitative estimate of drug-likeness (QED) is 0.613. The van der Waals surface area contributed by atoms with Gasteiger partial charge in [-0.15, -0.1) is 0 Å². The number of amides is 2. The van der Waals surface area contributed by atoms with Crippen LogP contribution in [0, 0.1) is 0 Å². The van der Waals surface area contributed by atoms with Crippen molar-refractivity contribution in [2.75, 3.05) is 17.7 Å². The van der Waals surface area contributed by atoms with Crippen LogP contribution in [0.15, 0.2) is 48.5 Å². The predicted octanol–water partition coefficient (Wildman–Crippen LogP) is 4.26. The second-order valence-electron chi connectivity index (χ2n) is 6.68. The van der Waals surface area contributed by atoms with Gasteiger partial charge in [-0.3, -0.25) is 0 Å². The maximum absolute atomic E-state index is 12.7. The summed E-state index contributed by atoms with van der Waals surface area (Å²) >= 11 is 0. The van der Waals surface area contributed by atoms with E-state index in [1.165, 1.54) is 6.92 Å². The van der Waals surface area contributed by atoms with Crippen molar-refractivity contribution < 1.29 is 22.1 Å². The van der Waals surface area contributed by atoms with Gasteiger partial charge in [0, 0.05) is 18.3 Å². The van der Waals surface area contributed by atoms with Crippen LogP contribution in [0.25, 0.3) is 0 Å². The smallest absolute Gasteiger partial charge is 0.322 e. The minimum Gasteiger partial charge on any atom is -0.494 e. The molecule has 0 spiro atoms. The van der Waals surface area contributed by atoms with Crippen LogP contribution in [0.2, 0.25) is 0 Å². The molecule has 29 heavy (non-hydrogen) atoms. The summed E-state index contributed by atoms with van der Waals surface area (Å²) in [7, 11) is -3.56. The third kappa shape index (κ3) is 6.98. The number of ether oxygens (including phenoxy) is 1. The molecule has 0 aliphatic carbocycles. The van der Waals surface area contributed by atoms with Crippen LogP contribution in [0.5, 0.6) is 11.5 Å². The van der Waals surface area contributed by atoms with Gasteiger partial charge in [-0.05, 0) is 69.7 Å². The van der Waals surface area contributed by atoms with Gasteiger partial charge in [0.2, 0.25) is 0 Å². The average molecular weight is 421 g/mol. The van der Waals surface area contributed by atoms with Crippen LogP contribution in [0.4, 0.5) is 10.5 Å². The Balaban J connectivity index is 2.04. The number of hydrogen-bond donors (Lipinski definition) is 1. The molecule has 2 aromatic rings. The third-order valence-electron chi connectivity index (χ3n) is 4.15. The standard InChI is InChI=1S/C21H28N2O5S/c1-5-27-19-13-9-18(10-14-19)22-21(24)23(16(3)4)15-17-7-11-20(12-8-17)28-29(25,26)6-2/h7-14,16H,5-6,15H2,1-4H3,(H,22,24). The zero-order valence-electron chi connectivity index (χ0n) is 17.2. The van der Waals surface area contributed by atoms with E-state index in [-0.39, 0.29) is 23.6 Å². The Morgan fingerprint density at radius 2 is 1.59 bits per heavy atom. The van der Waals surface area contributed by atoms with Gasteiger partial charge >= 0.3 is 16.1 Å². The van der Waals surface area contributed by atoms with E-state index in [2.05, 4.69) is 5.32 Å². The molecule has 1 N–H and O–H groups in total. The maximum atomic E-state index is 12.7. The van der Waals surface area contributed by atoms with Gasteiger partial charge in [-0.2, -0.15) is 8.42 Å². The van der Waals surface area contributed by atoms with E-state index < -0.39 is 10.1 Å². The molecule has 8 heteroatoms. The van der Waals surface area contributed by atoms with E-state index in [0.29, 0.717) is 18.8 Å². The topological polar surface area (TPSA) is 84.9 Å². The number of nitrogens with zero attached hydrogens (tertiary/aromatic N) is 1. The summed E-state index contributed by atoms with van der Waals surface area (Å²) in [5.74, 6) is 0.908. The van der Waals surface area contributed by atoms with E-state index in [1.54, 1.807) is 41.3 Å². The first-order chi connectivity index (χ1) is 13.7. The van der Waals surface area contributed by atoms with Gasteiger partial charge in [0.15, 0.2) is 0 Å². The van der Waals surface area contributed by atoms with Crippen molar-refractivity contribution in [2.24, 2.45) is 0 Å². The molecule has 0 radical (unpaired) electrons. The lowest BCUT2D eigenvalue weighted by Gasteiger charge is -2.27. The molecule has 0 atom stereocenters. The fourth-order valence-corrected chi connectivity index (χ4v) is 3.06. The molecule has 0 bridgehead atoms. The van der Waals surface area contributed by atoms with E-state index >= 15 is 0 Å². The monoisotopic (exact) mass is 420 g/mol. The Morgan fingerprint density at radius 1 is 1.00 bits per heavy atom. The third-order valence-corrected chi connectivity index (χ3v) is 5.31. The largest absolute Gasteiger partial charge is 0.494 e. The summed E-state index contributed by atoms with van der Waals surface area (Å²) in [6, 6.07) is 13.6. The highest BCUT2D eigenvalue weighted by molar-refractivity contribution is 7.87. The van der Waals surface area contributed by atoms with Gasteiger partial charge in [0.25, 0.3) is 0 Å². The van der Waals surface area contributed by atoms with Crippen molar-refractivity contribution in [2.45, 2.75) is 40.3 Å². The molecule has 7 nitrogen and oxygen atoms in total. The van der Waals surface area contributed by atoms with Crippen LogP contribution in [-0.2, 0) is 16.7 Å². The molecule has 0 fully saturated rings. The first-order valence-electron chi connectivity index (χ1n) is 9.55. The molecule has 0 aliphatic heterocycles. The molecule has 0 saturated heterocycles. The number of carbonyl (C=O) groups is 1. The number of hydrogen-bond acceptors (Lipinski definition) is 5. The Kier molecular flexibility index (Phi) is 7.90. The molecule has 2 aromatic carbocycles. The molecule has 0 saturated carbocycles. The molecule has 0 heterocycles. The van der Waals surface area contributed by atoms with Gasteiger partial charge in [-0.1, -0.05) is 12.1 Å². The van der Waals surface area contributed by atoms with Crippen LogP contribution < -0.4 is 14.2 Å². The van der Waals surface area contributed by atoms with Crippen LogP contribution in [0.3, 0.4) is 0 Å². The lowest BCUT2D eigenvalue weighted by atomic mass is 10.2. The summed E-state index contributed by atoms with van der Waals surface area (Å²) in [6.45, 7) is 8.26. The van der Waals surface area contributed by atoms with Crippen molar-refractivity contribution in [3.05, 3.63) is 54.1 Å². The molecule has 0 aromatic heterocycles. The molecular formula is C21H28N2O5S. The van der Waals surface area contributed by atoms with Crippen molar-refractivity contribution in [3.63, 3.8) is 0 Å². The lowest BCUT2D eigenvalue weighted by molar-refractivity contribution is 0.193. The second-order valence-corrected chi connectivity index (χ2v) is 8.54. The second kappa shape index (κ2) is 10.2. The van der Waals surface area contributed by atoms with Crippen molar-refractivity contribution in [3.8, 4) is 11.5 Å². The molecular weight excluding hydrogens is 392 g/mol. The maximum Gasteiger partial charge on any atom is 0.322 e. The zero-order chi connectivity index (χ0) is 21.4.